The molecule has 0 unspecified atom stereocenters. The summed E-state index contributed by atoms with van der Waals surface area (Å²) in [6.45, 7) is 8.77. The fourth-order valence-corrected chi connectivity index (χ4v) is 3.95. The quantitative estimate of drug-likeness (QED) is 0.804. The maximum absolute atomic E-state index is 3.53. The van der Waals surface area contributed by atoms with Gasteiger partial charge in [-0.25, -0.2) is 0 Å². The number of rotatable bonds is 5. The van der Waals surface area contributed by atoms with E-state index in [1.54, 1.807) is 5.57 Å². The van der Waals surface area contributed by atoms with Gasteiger partial charge in [0.05, 0.1) is 0 Å². The van der Waals surface area contributed by atoms with Gasteiger partial charge in [0.1, 0.15) is 0 Å². The Morgan fingerprint density at radius 3 is 2.63 bits per heavy atom. The molecule has 1 fully saturated rings. The number of likely N-dealkylation sites (N-methyl/N-ethyl adjacent to an activating group) is 1. The van der Waals surface area contributed by atoms with E-state index in [2.05, 4.69) is 38.2 Å². The van der Waals surface area contributed by atoms with Gasteiger partial charge in [-0.15, -0.1) is 11.3 Å². The Balaban J connectivity index is 2.17. The summed E-state index contributed by atoms with van der Waals surface area (Å²) in [4.78, 5) is 2.89. The summed E-state index contributed by atoms with van der Waals surface area (Å²) in [7, 11) is 0. The Morgan fingerprint density at radius 2 is 2.05 bits per heavy atom. The lowest BCUT2D eigenvalue weighted by Crippen LogP contribution is -2.22. The molecular weight excluding hydrogens is 250 g/mol. The zero-order valence-electron chi connectivity index (χ0n) is 12.6. The highest BCUT2D eigenvalue weighted by molar-refractivity contribution is 7.12. The molecule has 1 heterocycles. The van der Waals surface area contributed by atoms with Gasteiger partial charge in [0.25, 0.3) is 0 Å². The predicted octanol–water partition coefficient (Wildman–Crippen LogP) is 4.94. The minimum Gasteiger partial charge on any atom is -0.313 e. The molecule has 0 atom stereocenters. The van der Waals surface area contributed by atoms with E-state index in [1.807, 2.05) is 11.3 Å². The van der Waals surface area contributed by atoms with Crippen molar-refractivity contribution in [2.45, 2.75) is 52.9 Å². The summed E-state index contributed by atoms with van der Waals surface area (Å²) < 4.78 is 0. The van der Waals surface area contributed by atoms with Crippen LogP contribution in [0.15, 0.2) is 11.6 Å². The minimum atomic E-state index is 0.812. The molecule has 1 N–H and O–H groups in total. The van der Waals surface area contributed by atoms with Crippen LogP contribution in [0.3, 0.4) is 0 Å². The van der Waals surface area contributed by atoms with Crippen LogP contribution in [0, 0.1) is 19.8 Å². The van der Waals surface area contributed by atoms with Crippen molar-refractivity contribution < 1.29 is 0 Å². The molecule has 2 heteroatoms. The monoisotopic (exact) mass is 277 g/mol. The Labute approximate surface area is 122 Å². The van der Waals surface area contributed by atoms with Crippen LogP contribution < -0.4 is 5.32 Å². The molecule has 0 radical (unpaired) electrons. The zero-order chi connectivity index (χ0) is 13.7. The first-order valence-corrected chi connectivity index (χ1v) is 8.50. The molecule has 1 nitrogen and oxygen atoms in total. The van der Waals surface area contributed by atoms with E-state index in [9.17, 15) is 0 Å². The number of hydrogen-bond donors (Lipinski definition) is 1. The van der Waals surface area contributed by atoms with E-state index in [1.165, 1.54) is 47.4 Å². The Hall–Kier alpha value is -0.600. The average Bonchev–Trinajstić information content (AvgIpc) is 2.73. The molecule has 19 heavy (non-hydrogen) atoms. The molecular formula is C17H27NS. The maximum atomic E-state index is 3.53. The fraction of sp³-hybridized carbons (Fsp3) is 0.647. The van der Waals surface area contributed by atoms with Gasteiger partial charge in [-0.3, -0.25) is 0 Å². The SMILES string of the molecule is CCNCC(=Cc1cc(C)sc1C)C1CCCCC1. The molecule has 0 amide bonds. The van der Waals surface area contributed by atoms with Crippen molar-refractivity contribution in [1.82, 2.24) is 5.32 Å². The van der Waals surface area contributed by atoms with Gasteiger partial charge in [0, 0.05) is 16.3 Å². The summed E-state index contributed by atoms with van der Waals surface area (Å²) in [5, 5.41) is 3.53. The zero-order valence-corrected chi connectivity index (χ0v) is 13.4. The average molecular weight is 277 g/mol. The van der Waals surface area contributed by atoms with Crippen LogP contribution in [0.25, 0.3) is 6.08 Å². The van der Waals surface area contributed by atoms with E-state index in [0.29, 0.717) is 0 Å². The highest BCUT2D eigenvalue weighted by Gasteiger charge is 2.18. The molecule has 1 aromatic rings. The van der Waals surface area contributed by atoms with Crippen LogP contribution in [0.2, 0.25) is 0 Å². The molecule has 2 rings (SSSR count). The smallest absolute Gasteiger partial charge is 0.0170 e. The minimum absolute atomic E-state index is 0.812. The van der Waals surface area contributed by atoms with Crippen LogP contribution in [0.1, 0.15) is 54.3 Å². The predicted molar refractivity (Wildman–Crippen MR) is 86.9 cm³/mol. The lowest BCUT2D eigenvalue weighted by Gasteiger charge is -2.25. The molecule has 0 aliphatic heterocycles. The summed E-state index contributed by atoms with van der Waals surface area (Å²) in [6.07, 6.45) is 9.50. The third-order valence-electron chi connectivity index (χ3n) is 4.13. The fourth-order valence-electron chi connectivity index (χ4n) is 3.05. The molecule has 1 aliphatic carbocycles. The van der Waals surface area contributed by atoms with Crippen molar-refractivity contribution in [2.75, 3.05) is 13.1 Å². The highest BCUT2D eigenvalue weighted by atomic mass is 32.1. The molecule has 106 valence electrons. The Kier molecular flexibility index (Phi) is 5.65. The van der Waals surface area contributed by atoms with Crippen molar-refractivity contribution >= 4 is 17.4 Å². The standard InChI is InChI=1S/C17H27NS/c1-4-18-12-17(15-8-6-5-7-9-15)11-16-10-13(2)19-14(16)3/h10-11,15,18H,4-9,12H2,1-3H3. The molecule has 1 saturated carbocycles. The van der Waals surface area contributed by atoms with Crippen molar-refractivity contribution in [3.05, 3.63) is 27.0 Å². The van der Waals surface area contributed by atoms with Crippen molar-refractivity contribution in [2.24, 2.45) is 5.92 Å². The first-order valence-electron chi connectivity index (χ1n) is 7.69. The normalized spacial score (nSPS) is 17.9. The van der Waals surface area contributed by atoms with E-state index >= 15 is 0 Å². The van der Waals surface area contributed by atoms with Gasteiger partial charge < -0.3 is 5.32 Å². The van der Waals surface area contributed by atoms with Gasteiger partial charge in [0.15, 0.2) is 0 Å². The van der Waals surface area contributed by atoms with Gasteiger partial charge in [-0.1, -0.05) is 37.8 Å². The third-order valence-corrected chi connectivity index (χ3v) is 5.11. The summed E-state index contributed by atoms with van der Waals surface area (Å²) in [5.41, 5.74) is 3.07. The van der Waals surface area contributed by atoms with Crippen molar-refractivity contribution in [1.29, 1.82) is 0 Å². The largest absolute Gasteiger partial charge is 0.313 e. The summed E-state index contributed by atoms with van der Waals surface area (Å²) in [6, 6.07) is 2.34. The first kappa shape index (κ1) is 14.8. The van der Waals surface area contributed by atoms with Gasteiger partial charge in [-0.2, -0.15) is 0 Å². The second-order valence-electron chi connectivity index (χ2n) is 5.70. The van der Waals surface area contributed by atoms with E-state index in [4.69, 9.17) is 0 Å². The third kappa shape index (κ3) is 4.19. The second kappa shape index (κ2) is 7.25. The second-order valence-corrected chi connectivity index (χ2v) is 7.16. The van der Waals surface area contributed by atoms with Gasteiger partial charge in [0.2, 0.25) is 0 Å². The number of aryl methyl sites for hydroxylation is 2. The molecule has 1 aliphatic rings. The number of hydrogen-bond acceptors (Lipinski definition) is 2. The van der Waals surface area contributed by atoms with E-state index < -0.39 is 0 Å². The summed E-state index contributed by atoms with van der Waals surface area (Å²) >= 11 is 1.92. The number of nitrogens with one attached hydrogen (secondary N) is 1. The van der Waals surface area contributed by atoms with Crippen molar-refractivity contribution in [3.8, 4) is 0 Å². The van der Waals surface area contributed by atoms with E-state index in [-0.39, 0.29) is 0 Å². The molecule has 0 bridgehead atoms. The summed E-state index contributed by atoms with van der Waals surface area (Å²) in [5.74, 6) is 0.812. The first-order chi connectivity index (χ1) is 9.20. The van der Waals surface area contributed by atoms with Crippen LogP contribution in [-0.2, 0) is 0 Å². The molecule has 0 aromatic carbocycles. The van der Waals surface area contributed by atoms with Crippen LogP contribution >= 0.6 is 11.3 Å². The van der Waals surface area contributed by atoms with Crippen LogP contribution in [-0.4, -0.2) is 13.1 Å². The van der Waals surface area contributed by atoms with E-state index in [0.717, 1.165) is 19.0 Å². The maximum Gasteiger partial charge on any atom is 0.0170 e. The molecule has 0 spiro atoms. The van der Waals surface area contributed by atoms with Gasteiger partial charge >= 0.3 is 0 Å². The Morgan fingerprint density at radius 1 is 1.32 bits per heavy atom. The van der Waals surface area contributed by atoms with Crippen LogP contribution in [0.5, 0.6) is 0 Å². The number of thiophene rings is 1. The molecule has 1 aromatic heterocycles. The highest BCUT2D eigenvalue weighted by Crippen LogP contribution is 2.32. The Bertz CT molecular complexity index is 424. The van der Waals surface area contributed by atoms with Crippen molar-refractivity contribution in [3.63, 3.8) is 0 Å². The molecule has 0 saturated heterocycles. The van der Waals surface area contributed by atoms with Crippen LogP contribution in [0.4, 0.5) is 0 Å². The topological polar surface area (TPSA) is 12.0 Å². The lowest BCUT2D eigenvalue weighted by molar-refractivity contribution is 0.397. The van der Waals surface area contributed by atoms with Gasteiger partial charge in [-0.05, 0) is 50.8 Å². The lowest BCUT2D eigenvalue weighted by atomic mass is 9.83.